The summed E-state index contributed by atoms with van der Waals surface area (Å²) in [5.41, 5.74) is 16.9. The molecule has 0 atom stereocenters. The van der Waals surface area contributed by atoms with Crippen molar-refractivity contribution in [2.24, 2.45) is 0 Å². The van der Waals surface area contributed by atoms with Gasteiger partial charge in [0.15, 0.2) is 0 Å². The van der Waals surface area contributed by atoms with E-state index in [4.69, 9.17) is 4.98 Å². The van der Waals surface area contributed by atoms with Crippen molar-refractivity contribution in [3.8, 4) is 50.5 Å². The van der Waals surface area contributed by atoms with Crippen molar-refractivity contribution < 1.29 is 0 Å². The van der Waals surface area contributed by atoms with Crippen LogP contribution < -0.4 is 0 Å². The van der Waals surface area contributed by atoms with E-state index in [2.05, 4.69) is 199 Å². The van der Waals surface area contributed by atoms with Gasteiger partial charge in [0.1, 0.15) is 5.82 Å². The van der Waals surface area contributed by atoms with E-state index in [9.17, 15) is 0 Å². The van der Waals surface area contributed by atoms with E-state index in [-0.39, 0.29) is 0 Å². The van der Waals surface area contributed by atoms with Gasteiger partial charge in [-0.15, -0.1) is 0 Å². The summed E-state index contributed by atoms with van der Waals surface area (Å²) in [6.07, 6.45) is 0. The number of hydrogen-bond donors (Lipinski definition) is 0. The van der Waals surface area contributed by atoms with Gasteiger partial charge in [-0.3, -0.25) is 4.57 Å². The van der Waals surface area contributed by atoms with Gasteiger partial charge in [-0.2, -0.15) is 0 Å². The first-order chi connectivity index (χ1) is 26.8. The fourth-order valence-corrected chi connectivity index (χ4v) is 9.80. The Bertz CT molecular complexity index is 3120. The third kappa shape index (κ3) is 3.87. The maximum atomic E-state index is 5.16. The van der Waals surface area contributed by atoms with Gasteiger partial charge < -0.3 is 0 Å². The van der Waals surface area contributed by atoms with Gasteiger partial charge in [-0.1, -0.05) is 152 Å². The van der Waals surface area contributed by atoms with Crippen LogP contribution in [0, 0.1) is 0 Å². The molecule has 0 unspecified atom stereocenters. The molecule has 0 saturated heterocycles. The Labute approximate surface area is 313 Å². The molecule has 0 fully saturated rings. The normalized spacial score (nSPS) is 13.3. The van der Waals surface area contributed by atoms with E-state index < -0.39 is 5.41 Å². The quantitative estimate of drug-likeness (QED) is 0.181. The molecule has 54 heavy (non-hydrogen) atoms. The molecule has 0 saturated carbocycles. The fraction of sp³-hybridized carbons (Fsp3) is 0.0192. The summed E-state index contributed by atoms with van der Waals surface area (Å²) in [7, 11) is 0. The second-order valence-corrected chi connectivity index (χ2v) is 14.7. The molecular formula is C52H32N2. The van der Waals surface area contributed by atoms with E-state index in [1.165, 1.54) is 77.2 Å². The summed E-state index contributed by atoms with van der Waals surface area (Å²) in [5.74, 6) is 0.938. The third-order valence-electron chi connectivity index (χ3n) is 12.0. The predicted octanol–water partition coefficient (Wildman–Crippen LogP) is 13.0. The van der Waals surface area contributed by atoms with Crippen molar-refractivity contribution >= 4 is 32.6 Å². The van der Waals surface area contributed by atoms with Crippen molar-refractivity contribution in [3.05, 3.63) is 216 Å². The van der Waals surface area contributed by atoms with Gasteiger partial charge >= 0.3 is 0 Å². The second-order valence-electron chi connectivity index (χ2n) is 14.7. The summed E-state index contributed by atoms with van der Waals surface area (Å²) < 4.78 is 2.32. The van der Waals surface area contributed by atoms with E-state index in [0.29, 0.717) is 0 Å². The lowest BCUT2D eigenvalue weighted by molar-refractivity contribution is 0.796. The summed E-state index contributed by atoms with van der Waals surface area (Å²) in [4.78, 5) is 5.16. The van der Waals surface area contributed by atoms with Gasteiger partial charge in [0.05, 0.1) is 16.4 Å². The second kappa shape index (κ2) is 11.0. The summed E-state index contributed by atoms with van der Waals surface area (Å²) >= 11 is 0. The molecule has 1 aromatic heterocycles. The first-order valence-electron chi connectivity index (χ1n) is 18.7. The highest BCUT2D eigenvalue weighted by Crippen LogP contribution is 2.64. The Morgan fingerprint density at radius 3 is 1.81 bits per heavy atom. The Kier molecular flexibility index (Phi) is 6.01. The number of aromatic nitrogens is 2. The Morgan fingerprint density at radius 2 is 1.02 bits per heavy atom. The average molecular weight is 685 g/mol. The van der Waals surface area contributed by atoms with E-state index >= 15 is 0 Å². The minimum atomic E-state index is -0.459. The summed E-state index contributed by atoms with van der Waals surface area (Å²) in [6.45, 7) is 0. The molecule has 1 heterocycles. The molecule has 9 aromatic carbocycles. The number of rotatable bonds is 3. The molecule has 250 valence electrons. The van der Waals surface area contributed by atoms with Crippen molar-refractivity contribution in [2.75, 3.05) is 0 Å². The van der Waals surface area contributed by atoms with Crippen LogP contribution in [-0.2, 0) is 5.41 Å². The van der Waals surface area contributed by atoms with Gasteiger partial charge in [0.2, 0.25) is 0 Å². The highest BCUT2D eigenvalue weighted by Gasteiger charge is 2.52. The first-order valence-corrected chi connectivity index (χ1v) is 18.7. The van der Waals surface area contributed by atoms with Gasteiger partial charge in [0, 0.05) is 11.3 Å². The van der Waals surface area contributed by atoms with Crippen molar-refractivity contribution in [3.63, 3.8) is 0 Å². The maximum absolute atomic E-state index is 5.16. The fourth-order valence-electron chi connectivity index (χ4n) is 9.80. The van der Waals surface area contributed by atoms with Crippen LogP contribution in [0.2, 0.25) is 0 Å². The zero-order valence-electron chi connectivity index (χ0n) is 29.4. The number of hydrogen-bond acceptors (Lipinski definition) is 1. The number of para-hydroxylation sites is 2. The molecule has 2 heteroatoms. The lowest BCUT2D eigenvalue weighted by Crippen LogP contribution is -2.26. The number of nitrogens with zero attached hydrogens (tertiary/aromatic N) is 2. The van der Waals surface area contributed by atoms with Crippen LogP contribution in [0.3, 0.4) is 0 Å². The molecule has 0 aliphatic heterocycles. The van der Waals surface area contributed by atoms with E-state index in [1.807, 2.05) is 0 Å². The van der Waals surface area contributed by atoms with Crippen LogP contribution >= 0.6 is 0 Å². The van der Waals surface area contributed by atoms with E-state index in [1.54, 1.807) is 0 Å². The number of benzene rings is 9. The van der Waals surface area contributed by atoms with Crippen LogP contribution in [0.15, 0.2) is 194 Å². The molecule has 12 rings (SSSR count). The zero-order valence-corrected chi connectivity index (χ0v) is 29.4. The lowest BCUT2D eigenvalue weighted by Gasteiger charge is -2.31. The first kappa shape index (κ1) is 29.5. The maximum Gasteiger partial charge on any atom is 0.145 e. The van der Waals surface area contributed by atoms with Crippen molar-refractivity contribution in [1.82, 2.24) is 9.55 Å². The Balaban J connectivity index is 1.18. The molecule has 2 aliphatic rings. The summed E-state index contributed by atoms with van der Waals surface area (Å²) in [6, 6.07) is 71.5. The van der Waals surface area contributed by atoms with E-state index in [0.717, 1.165) is 28.1 Å². The monoisotopic (exact) mass is 684 g/mol. The topological polar surface area (TPSA) is 17.8 Å². The Hall–Kier alpha value is -7.03. The van der Waals surface area contributed by atoms with Crippen molar-refractivity contribution in [1.29, 1.82) is 0 Å². The molecule has 1 spiro atoms. The third-order valence-corrected chi connectivity index (χ3v) is 12.0. The largest absolute Gasteiger partial charge is 0.292 e. The lowest BCUT2D eigenvalue weighted by atomic mass is 9.69. The van der Waals surface area contributed by atoms with Crippen LogP contribution in [0.5, 0.6) is 0 Å². The molecule has 0 N–H and O–H groups in total. The van der Waals surface area contributed by atoms with Crippen LogP contribution in [-0.4, -0.2) is 9.55 Å². The molecule has 10 aromatic rings. The van der Waals surface area contributed by atoms with Gasteiger partial charge in [-0.05, 0) is 120 Å². The smallest absolute Gasteiger partial charge is 0.145 e. The molecule has 2 nitrogen and oxygen atoms in total. The Morgan fingerprint density at radius 1 is 0.389 bits per heavy atom. The highest BCUT2D eigenvalue weighted by atomic mass is 15.1. The number of fused-ring (bicyclic) bond motifs is 14. The van der Waals surface area contributed by atoms with Gasteiger partial charge in [-0.25, -0.2) is 4.98 Å². The highest BCUT2D eigenvalue weighted by molar-refractivity contribution is 6.12. The van der Waals surface area contributed by atoms with Gasteiger partial charge in [0.25, 0.3) is 0 Å². The standard InChI is InChI=1S/C52H32N2/c1-2-15-33(16-3-1)51-53-48-27-12-13-28-49(48)54(51)37-20-14-19-36(29-37)42-32-47-50(41-24-7-6-21-38(41)42)43-30-34-17-4-5-18-35(34)31-46(43)52(47)44-25-10-8-22-39(44)40-23-9-11-26-45(40)52/h1-32H. The summed E-state index contributed by atoms with van der Waals surface area (Å²) in [5, 5.41) is 5.07. The van der Waals surface area contributed by atoms with Crippen LogP contribution in [0.1, 0.15) is 22.3 Å². The van der Waals surface area contributed by atoms with Crippen LogP contribution in [0.4, 0.5) is 0 Å². The predicted molar refractivity (Wildman–Crippen MR) is 223 cm³/mol. The minimum absolute atomic E-state index is 0.459. The molecule has 0 bridgehead atoms. The molecule has 2 aliphatic carbocycles. The average Bonchev–Trinajstić information content (AvgIpc) is 3.87. The molecule has 0 amide bonds. The zero-order chi connectivity index (χ0) is 35.4. The molecule has 0 radical (unpaired) electrons. The minimum Gasteiger partial charge on any atom is -0.292 e. The van der Waals surface area contributed by atoms with Crippen molar-refractivity contribution in [2.45, 2.75) is 5.41 Å². The molecular weight excluding hydrogens is 653 g/mol. The SMILES string of the molecule is c1ccc(-c2nc3ccccc3n2-c2cccc(-c3cc4c(c5ccccc35)-c3cc5ccccc5cc3C43c4ccccc4-c4ccccc43)c2)cc1. The number of imidazole rings is 1. The van der Waals surface area contributed by atoms with Crippen LogP contribution in [0.25, 0.3) is 83.0 Å².